The van der Waals surface area contributed by atoms with Crippen LogP contribution >= 0.6 is 0 Å². The summed E-state index contributed by atoms with van der Waals surface area (Å²) in [4.78, 5) is 11.2. The van der Waals surface area contributed by atoms with Crippen molar-refractivity contribution in [2.24, 2.45) is 11.1 Å². The summed E-state index contributed by atoms with van der Waals surface area (Å²) in [5.74, 6) is -0.179. The van der Waals surface area contributed by atoms with Gasteiger partial charge in [-0.2, -0.15) is 0 Å². The Kier molecular flexibility index (Phi) is 3.95. The Labute approximate surface area is 140 Å². The summed E-state index contributed by atoms with van der Waals surface area (Å²) >= 11 is 0. The van der Waals surface area contributed by atoms with E-state index < -0.39 is 11.9 Å². The van der Waals surface area contributed by atoms with E-state index in [4.69, 9.17) is 15.2 Å². The third-order valence-electron chi connectivity index (χ3n) is 4.50. The molecule has 2 aromatic rings. The Morgan fingerprint density at radius 3 is 2.54 bits per heavy atom. The zero-order valence-electron chi connectivity index (χ0n) is 13.9. The number of fused-ring (bicyclic) bond motifs is 1. The molecule has 1 aliphatic rings. The first-order chi connectivity index (χ1) is 11.3. The highest BCUT2D eigenvalue weighted by molar-refractivity contribution is 5.68. The van der Waals surface area contributed by atoms with Gasteiger partial charge in [0.1, 0.15) is 6.10 Å². The van der Waals surface area contributed by atoms with Crippen LogP contribution in [0.15, 0.2) is 36.4 Å². The van der Waals surface area contributed by atoms with Crippen molar-refractivity contribution in [1.29, 1.82) is 0 Å². The first kappa shape index (κ1) is 16.3. The number of halogens is 1. The third kappa shape index (κ3) is 2.82. The Bertz CT molecular complexity index is 801. The molecule has 126 valence electrons. The minimum Gasteiger partial charge on any atom is -0.494 e. The topological polar surface area (TPSA) is 61.6 Å². The molecule has 0 aliphatic heterocycles. The molecule has 1 aliphatic carbocycles. The summed E-state index contributed by atoms with van der Waals surface area (Å²) in [6.07, 6.45) is -0.359. The van der Waals surface area contributed by atoms with Gasteiger partial charge >= 0.3 is 6.09 Å². The van der Waals surface area contributed by atoms with Gasteiger partial charge in [0.25, 0.3) is 0 Å². The van der Waals surface area contributed by atoms with Gasteiger partial charge in [0, 0.05) is 5.41 Å². The number of rotatable bonds is 3. The Morgan fingerprint density at radius 1 is 1.21 bits per heavy atom. The Balaban J connectivity index is 2.00. The molecular weight excluding hydrogens is 309 g/mol. The summed E-state index contributed by atoms with van der Waals surface area (Å²) in [5.41, 5.74) is 8.88. The highest BCUT2D eigenvalue weighted by Gasteiger charge is 2.41. The Hall–Kier alpha value is -2.56. The first-order valence-electron chi connectivity index (χ1n) is 7.74. The molecule has 2 aromatic carbocycles. The maximum absolute atomic E-state index is 13.6. The van der Waals surface area contributed by atoms with Gasteiger partial charge in [-0.3, -0.25) is 0 Å². The molecule has 2 N–H and O–H groups in total. The normalized spacial score (nSPS) is 18.1. The number of hydrogen-bond acceptors (Lipinski definition) is 3. The average Bonchev–Trinajstić information content (AvgIpc) is 2.77. The van der Waals surface area contributed by atoms with Crippen molar-refractivity contribution in [2.75, 3.05) is 7.11 Å². The predicted molar refractivity (Wildman–Crippen MR) is 89.3 cm³/mol. The zero-order valence-corrected chi connectivity index (χ0v) is 13.9. The fraction of sp³-hybridized carbons (Fsp3) is 0.316. The number of amides is 1. The third-order valence-corrected chi connectivity index (χ3v) is 4.50. The van der Waals surface area contributed by atoms with Gasteiger partial charge in [0.2, 0.25) is 0 Å². The molecule has 0 heterocycles. The lowest BCUT2D eigenvalue weighted by atomic mass is 9.87. The van der Waals surface area contributed by atoms with Crippen LogP contribution in [-0.4, -0.2) is 13.2 Å². The molecule has 4 nitrogen and oxygen atoms in total. The lowest BCUT2D eigenvalue weighted by molar-refractivity contribution is 0.0392. The monoisotopic (exact) mass is 329 g/mol. The summed E-state index contributed by atoms with van der Waals surface area (Å²) < 4.78 is 24.0. The van der Waals surface area contributed by atoms with Crippen molar-refractivity contribution in [3.63, 3.8) is 0 Å². The van der Waals surface area contributed by atoms with Gasteiger partial charge in [0.15, 0.2) is 11.6 Å². The van der Waals surface area contributed by atoms with Crippen LogP contribution in [0.4, 0.5) is 9.18 Å². The first-order valence-corrected chi connectivity index (χ1v) is 7.74. The van der Waals surface area contributed by atoms with Crippen LogP contribution in [0.5, 0.6) is 5.75 Å². The number of ether oxygens (including phenoxy) is 2. The molecule has 1 unspecified atom stereocenters. The van der Waals surface area contributed by atoms with Crippen molar-refractivity contribution >= 4 is 6.09 Å². The predicted octanol–water partition coefficient (Wildman–Crippen LogP) is 4.22. The number of carbonyl (C=O) groups is 1. The number of carbonyl (C=O) groups excluding carboxylic acids is 1. The molecule has 0 spiro atoms. The van der Waals surface area contributed by atoms with Gasteiger partial charge in [-0.25, -0.2) is 9.18 Å². The van der Waals surface area contributed by atoms with Crippen molar-refractivity contribution in [1.82, 2.24) is 0 Å². The lowest BCUT2D eigenvalue weighted by Gasteiger charge is -2.26. The molecule has 1 amide bonds. The van der Waals surface area contributed by atoms with E-state index >= 15 is 0 Å². The summed E-state index contributed by atoms with van der Waals surface area (Å²) in [6.45, 7) is 4.09. The van der Waals surface area contributed by atoms with Gasteiger partial charge in [0.05, 0.1) is 7.11 Å². The highest BCUT2D eigenvalue weighted by Crippen LogP contribution is 2.48. The van der Waals surface area contributed by atoms with Gasteiger partial charge < -0.3 is 15.2 Å². The quantitative estimate of drug-likeness (QED) is 0.917. The minimum absolute atomic E-state index is 0.211. The highest BCUT2D eigenvalue weighted by atomic mass is 19.1. The second-order valence-electron chi connectivity index (χ2n) is 6.75. The number of primary amides is 1. The average molecular weight is 329 g/mol. The van der Waals surface area contributed by atoms with Crippen LogP contribution in [0, 0.1) is 11.2 Å². The molecule has 3 rings (SSSR count). The van der Waals surface area contributed by atoms with E-state index in [1.165, 1.54) is 13.2 Å². The number of benzene rings is 2. The van der Waals surface area contributed by atoms with Crippen LogP contribution in [-0.2, 0) is 11.2 Å². The minimum atomic E-state index is -0.770. The molecule has 0 bridgehead atoms. The van der Waals surface area contributed by atoms with Crippen LogP contribution in [0.1, 0.15) is 31.1 Å². The Morgan fingerprint density at radius 2 is 1.88 bits per heavy atom. The fourth-order valence-electron chi connectivity index (χ4n) is 3.38. The van der Waals surface area contributed by atoms with Crippen LogP contribution in [0.2, 0.25) is 0 Å². The van der Waals surface area contributed by atoms with Crippen molar-refractivity contribution in [2.45, 2.75) is 26.4 Å². The maximum Gasteiger partial charge on any atom is 0.405 e. The van der Waals surface area contributed by atoms with Crippen molar-refractivity contribution < 1.29 is 18.7 Å². The molecule has 1 atom stereocenters. The fourth-order valence-corrected chi connectivity index (χ4v) is 3.38. The molecule has 0 radical (unpaired) electrons. The number of methoxy groups -OCH3 is 1. The maximum atomic E-state index is 13.6. The van der Waals surface area contributed by atoms with E-state index in [0.717, 1.165) is 28.7 Å². The van der Waals surface area contributed by atoms with Gasteiger partial charge in [-0.1, -0.05) is 38.1 Å². The second-order valence-corrected chi connectivity index (χ2v) is 6.75. The van der Waals surface area contributed by atoms with E-state index in [2.05, 4.69) is 0 Å². The summed E-state index contributed by atoms with van der Waals surface area (Å²) in [6, 6.07) is 10.7. The molecular formula is C19H20FNO3. The van der Waals surface area contributed by atoms with Gasteiger partial charge in [-0.05, 0) is 40.8 Å². The molecule has 0 saturated carbocycles. The molecule has 0 fully saturated rings. The standard InChI is InChI=1S/C19H20FNO3/c1-19(2)10-13-8-11(4-6-14(13)17(19)24-18(21)22)12-5-7-15(20)16(9-12)23-3/h4-9,17H,10H2,1-3H3,(H2,21,22). The molecule has 24 heavy (non-hydrogen) atoms. The SMILES string of the molecule is COc1cc(-c2ccc3c(c2)CC(C)(C)C3OC(N)=O)ccc1F. The number of nitrogens with two attached hydrogens (primary N) is 1. The van der Waals surface area contributed by atoms with Gasteiger partial charge in [-0.15, -0.1) is 0 Å². The van der Waals surface area contributed by atoms with E-state index in [0.29, 0.717) is 0 Å². The smallest absolute Gasteiger partial charge is 0.405 e. The zero-order chi connectivity index (χ0) is 17.5. The molecule has 5 heteroatoms. The summed E-state index contributed by atoms with van der Waals surface area (Å²) in [5, 5.41) is 0. The van der Waals surface area contributed by atoms with E-state index in [1.807, 2.05) is 32.0 Å². The van der Waals surface area contributed by atoms with Crippen LogP contribution in [0.3, 0.4) is 0 Å². The van der Waals surface area contributed by atoms with Crippen molar-refractivity contribution in [3.8, 4) is 16.9 Å². The van der Waals surface area contributed by atoms with Crippen LogP contribution in [0.25, 0.3) is 11.1 Å². The van der Waals surface area contributed by atoms with E-state index in [9.17, 15) is 9.18 Å². The van der Waals surface area contributed by atoms with E-state index in [-0.39, 0.29) is 17.3 Å². The number of hydrogen-bond donors (Lipinski definition) is 1. The lowest BCUT2D eigenvalue weighted by Crippen LogP contribution is -2.25. The molecule has 0 aromatic heterocycles. The molecule has 0 saturated heterocycles. The second kappa shape index (κ2) is 5.82. The summed E-state index contributed by atoms with van der Waals surface area (Å²) in [7, 11) is 1.44. The van der Waals surface area contributed by atoms with Crippen LogP contribution < -0.4 is 10.5 Å². The largest absolute Gasteiger partial charge is 0.494 e. The van der Waals surface area contributed by atoms with Crippen molar-refractivity contribution in [3.05, 3.63) is 53.3 Å². The van der Waals surface area contributed by atoms with E-state index in [1.54, 1.807) is 12.1 Å².